The SMILES string of the molecule is COc1cccc(OC)c1Oc1sc(NCc2cccc3ccccc23)cc1Cl. The summed E-state index contributed by atoms with van der Waals surface area (Å²) in [5.74, 6) is 1.67. The van der Waals surface area contributed by atoms with Gasteiger partial charge in [0.25, 0.3) is 0 Å². The number of anilines is 1. The Morgan fingerprint density at radius 3 is 2.34 bits per heavy atom. The molecule has 3 aromatic carbocycles. The second-order valence-corrected chi connectivity index (χ2v) is 7.75. The van der Waals surface area contributed by atoms with Crippen LogP contribution in [-0.4, -0.2) is 14.2 Å². The van der Waals surface area contributed by atoms with Crippen molar-refractivity contribution in [2.24, 2.45) is 0 Å². The summed E-state index contributed by atoms with van der Waals surface area (Å²) in [5.41, 5.74) is 1.22. The van der Waals surface area contributed by atoms with Crippen molar-refractivity contribution >= 4 is 38.7 Å². The molecule has 0 spiro atoms. The normalized spacial score (nSPS) is 10.7. The van der Waals surface area contributed by atoms with Crippen LogP contribution in [0.15, 0.2) is 66.7 Å². The second kappa shape index (κ2) is 8.64. The highest BCUT2D eigenvalue weighted by Gasteiger charge is 2.16. The number of nitrogens with one attached hydrogen (secondary N) is 1. The minimum absolute atomic E-state index is 0.502. The Labute approximate surface area is 178 Å². The third kappa shape index (κ3) is 4.11. The Balaban J connectivity index is 1.55. The van der Waals surface area contributed by atoms with Crippen LogP contribution in [-0.2, 0) is 6.54 Å². The van der Waals surface area contributed by atoms with Crippen molar-refractivity contribution in [3.63, 3.8) is 0 Å². The molecule has 0 atom stereocenters. The summed E-state index contributed by atoms with van der Waals surface area (Å²) >= 11 is 7.87. The molecular weight excluding hydrogens is 406 g/mol. The van der Waals surface area contributed by atoms with E-state index in [1.165, 1.54) is 27.7 Å². The van der Waals surface area contributed by atoms with Gasteiger partial charge in [-0.2, -0.15) is 0 Å². The highest BCUT2D eigenvalue weighted by atomic mass is 35.5. The zero-order chi connectivity index (χ0) is 20.2. The van der Waals surface area contributed by atoms with Crippen molar-refractivity contribution < 1.29 is 14.2 Å². The van der Waals surface area contributed by atoms with Gasteiger partial charge in [0, 0.05) is 6.54 Å². The largest absolute Gasteiger partial charge is 0.493 e. The number of para-hydroxylation sites is 1. The van der Waals surface area contributed by atoms with Gasteiger partial charge in [0.15, 0.2) is 11.5 Å². The molecule has 0 aliphatic heterocycles. The third-order valence-electron chi connectivity index (χ3n) is 4.57. The van der Waals surface area contributed by atoms with Crippen molar-refractivity contribution in [2.75, 3.05) is 19.5 Å². The molecule has 0 radical (unpaired) electrons. The van der Waals surface area contributed by atoms with Crippen molar-refractivity contribution in [1.29, 1.82) is 0 Å². The van der Waals surface area contributed by atoms with Gasteiger partial charge in [-0.05, 0) is 34.5 Å². The molecule has 0 aliphatic rings. The Hall–Kier alpha value is -2.89. The van der Waals surface area contributed by atoms with Crippen LogP contribution in [0.25, 0.3) is 10.8 Å². The summed E-state index contributed by atoms with van der Waals surface area (Å²) in [4.78, 5) is 0. The third-order valence-corrected chi connectivity index (χ3v) is 5.93. The lowest BCUT2D eigenvalue weighted by Crippen LogP contribution is -1.98. The summed E-state index contributed by atoms with van der Waals surface area (Å²) in [7, 11) is 3.18. The van der Waals surface area contributed by atoms with E-state index in [2.05, 4.69) is 41.7 Å². The molecule has 1 N–H and O–H groups in total. The maximum atomic E-state index is 6.43. The van der Waals surface area contributed by atoms with E-state index in [0.717, 1.165) is 5.00 Å². The molecule has 6 heteroatoms. The molecular formula is C23H20ClNO3S. The van der Waals surface area contributed by atoms with E-state index in [1.807, 2.05) is 30.3 Å². The van der Waals surface area contributed by atoms with E-state index in [4.69, 9.17) is 25.8 Å². The first kappa shape index (κ1) is 19.4. The van der Waals surface area contributed by atoms with Gasteiger partial charge in [0.1, 0.15) is 0 Å². The first-order valence-corrected chi connectivity index (χ1v) is 10.3. The van der Waals surface area contributed by atoms with Crippen molar-refractivity contribution in [2.45, 2.75) is 6.54 Å². The zero-order valence-corrected chi connectivity index (χ0v) is 17.6. The first-order chi connectivity index (χ1) is 14.2. The standard InChI is InChI=1S/C23H20ClNO3S/c1-26-19-11-6-12-20(27-2)22(19)28-23-18(24)13-21(29-23)25-14-16-9-5-8-15-7-3-4-10-17(15)16/h3-13,25H,14H2,1-2H3. The van der Waals surface area contributed by atoms with Gasteiger partial charge < -0.3 is 19.5 Å². The van der Waals surface area contributed by atoms with Gasteiger partial charge in [0.05, 0.1) is 24.2 Å². The minimum atomic E-state index is 0.502. The predicted octanol–water partition coefficient (Wildman–Crippen LogP) is 6.98. The lowest BCUT2D eigenvalue weighted by molar-refractivity contribution is 0.349. The second-order valence-electron chi connectivity index (χ2n) is 6.33. The van der Waals surface area contributed by atoms with E-state index in [-0.39, 0.29) is 0 Å². The maximum absolute atomic E-state index is 6.43. The molecule has 0 unspecified atom stereocenters. The molecule has 29 heavy (non-hydrogen) atoms. The first-order valence-electron chi connectivity index (χ1n) is 9.08. The highest BCUT2D eigenvalue weighted by Crippen LogP contribution is 2.46. The van der Waals surface area contributed by atoms with E-state index in [0.29, 0.717) is 33.9 Å². The van der Waals surface area contributed by atoms with E-state index in [9.17, 15) is 0 Å². The molecule has 1 aromatic heterocycles. The van der Waals surface area contributed by atoms with Crippen molar-refractivity contribution in [3.8, 4) is 22.3 Å². The number of thiophene rings is 1. The fourth-order valence-corrected chi connectivity index (χ4v) is 4.28. The number of methoxy groups -OCH3 is 2. The van der Waals surface area contributed by atoms with E-state index >= 15 is 0 Å². The maximum Gasteiger partial charge on any atom is 0.212 e. The van der Waals surface area contributed by atoms with Crippen molar-refractivity contribution in [3.05, 3.63) is 77.3 Å². The zero-order valence-electron chi connectivity index (χ0n) is 16.1. The lowest BCUT2D eigenvalue weighted by atomic mass is 10.0. The van der Waals surface area contributed by atoms with Crippen LogP contribution < -0.4 is 19.5 Å². The Morgan fingerprint density at radius 2 is 1.59 bits per heavy atom. The number of fused-ring (bicyclic) bond motifs is 1. The summed E-state index contributed by atoms with van der Waals surface area (Å²) in [5, 5.41) is 7.94. The molecule has 4 rings (SSSR count). The molecule has 4 nitrogen and oxygen atoms in total. The number of hydrogen-bond acceptors (Lipinski definition) is 5. The number of hydrogen-bond donors (Lipinski definition) is 1. The van der Waals surface area contributed by atoms with Crippen LogP contribution in [0, 0.1) is 0 Å². The van der Waals surface area contributed by atoms with Gasteiger partial charge in [-0.3, -0.25) is 0 Å². The van der Waals surface area contributed by atoms with Crippen LogP contribution in [0.5, 0.6) is 22.3 Å². The number of halogens is 1. The van der Waals surface area contributed by atoms with Crippen molar-refractivity contribution in [1.82, 2.24) is 0 Å². The van der Waals surface area contributed by atoms with E-state index < -0.39 is 0 Å². The Kier molecular flexibility index (Phi) is 5.79. The quantitative estimate of drug-likeness (QED) is 0.347. The lowest BCUT2D eigenvalue weighted by Gasteiger charge is -2.12. The fraction of sp³-hybridized carbons (Fsp3) is 0.130. The molecule has 4 aromatic rings. The van der Waals surface area contributed by atoms with Gasteiger partial charge in [0.2, 0.25) is 10.8 Å². The minimum Gasteiger partial charge on any atom is -0.493 e. The fourth-order valence-electron chi connectivity index (χ4n) is 3.15. The van der Waals surface area contributed by atoms with Crippen LogP contribution >= 0.6 is 22.9 Å². The van der Waals surface area contributed by atoms with E-state index in [1.54, 1.807) is 14.2 Å². The van der Waals surface area contributed by atoms with Crippen LogP contribution in [0.4, 0.5) is 5.00 Å². The van der Waals surface area contributed by atoms with Gasteiger partial charge in [-0.25, -0.2) is 0 Å². The summed E-state index contributed by atoms with van der Waals surface area (Å²) in [6.45, 7) is 0.690. The Morgan fingerprint density at radius 1 is 0.897 bits per heavy atom. The Bertz CT molecular complexity index is 1110. The highest BCUT2D eigenvalue weighted by molar-refractivity contribution is 7.18. The molecule has 0 aliphatic carbocycles. The number of rotatable bonds is 7. The summed E-state index contributed by atoms with van der Waals surface area (Å²) < 4.78 is 16.8. The van der Waals surface area contributed by atoms with Gasteiger partial charge in [-0.1, -0.05) is 71.5 Å². The molecule has 0 saturated carbocycles. The van der Waals surface area contributed by atoms with Gasteiger partial charge in [-0.15, -0.1) is 0 Å². The monoisotopic (exact) mass is 425 g/mol. The topological polar surface area (TPSA) is 39.7 Å². The number of ether oxygens (including phenoxy) is 3. The van der Waals surface area contributed by atoms with Crippen LogP contribution in [0.1, 0.15) is 5.56 Å². The average molecular weight is 426 g/mol. The number of benzene rings is 3. The predicted molar refractivity (Wildman–Crippen MR) is 120 cm³/mol. The summed E-state index contributed by atoms with van der Waals surface area (Å²) in [6.07, 6.45) is 0. The molecule has 0 bridgehead atoms. The molecule has 148 valence electrons. The molecule has 1 heterocycles. The van der Waals surface area contributed by atoms with Crippen LogP contribution in [0.3, 0.4) is 0 Å². The van der Waals surface area contributed by atoms with Crippen LogP contribution in [0.2, 0.25) is 5.02 Å². The molecule has 0 amide bonds. The van der Waals surface area contributed by atoms with Gasteiger partial charge >= 0.3 is 0 Å². The summed E-state index contributed by atoms with van der Waals surface area (Å²) in [6, 6.07) is 22.0. The average Bonchev–Trinajstić information content (AvgIpc) is 3.11. The smallest absolute Gasteiger partial charge is 0.212 e. The molecule has 0 fully saturated rings. The molecule has 0 saturated heterocycles.